The van der Waals surface area contributed by atoms with Gasteiger partial charge in [0.05, 0.1) is 12.3 Å². The zero-order chi connectivity index (χ0) is 20.6. The number of benzene rings is 1. The summed E-state index contributed by atoms with van der Waals surface area (Å²) in [5.41, 5.74) is 2.49. The summed E-state index contributed by atoms with van der Waals surface area (Å²) in [4.78, 5) is 19.4. The first kappa shape index (κ1) is 19.4. The van der Waals surface area contributed by atoms with Crippen LogP contribution in [0.5, 0.6) is 0 Å². The fraction of sp³-hybridized carbons (Fsp3) is 0.409. The zero-order valence-corrected chi connectivity index (χ0v) is 17.1. The number of rotatable bonds is 3. The maximum absolute atomic E-state index is 12.8. The second-order valence-electron chi connectivity index (χ2n) is 8.60. The molecule has 0 radical (unpaired) electrons. The van der Waals surface area contributed by atoms with Crippen LogP contribution in [0.1, 0.15) is 49.5 Å². The van der Waals surface area contributed by atoms with Crippen LogP contribution in [0.25, 0.3) is 5.65 Å². The fourth-order valence-corrected chi connectivity index (χ4v) is 3.59. The van der Waals surface area contributed by atoms with E-state index in [2.05, 4.69) is 41.1 Å². The Balaban J connectivity index is 1.58. The van der Waals surface area contributed by atoms with Gasteiger partial charge < -0.3 is 15.3 Å². The monoisotopic (exact) mass is 393 g/mol. The number of fused-ring (bicyclic) bond motifs is 1. The molecule has 7 heteroatoms. The highest BCUT2D eigenvalue weighted by molar-refractivity contribution is 6.04. The van der Waals surface area contributed by atoms with Crippen LogP contribution in [0.15, 0.2) is 42.6 Å². The zero-order valence-electron chi connectivity index (χ0n) is 17.1. The van der Waals surface area contributed by atoms with E-state index in [1.807, 2.05) is 36.4 Å². The van der Waals surface area contributed by atoms with E-state index in [-0.39, 0.29) is 17.4 Å². The molecule has 0 aliphatic carbocycles. The van der Waals surface area contributed by atoms with Crippen molar-refractivity contribution in [2.45, 2.75) is 45.1 Å². The number of aromatic nitrogens is 3. The fourth-order valence-electron chi connectivity index (χ4n) is 3.59. The lowest BCUT2D eigenvalue weighted by Gasteiger charge is -2.31. The van der Waals surface area contributed by atoms with Gasteiger partial charge in [0.25, 0.3) is 5.91 Å². The number of aliphatic hydroxyl groups excluding tert-OH is 1. The summed E-state index contributed by atoms with van der Waals surface area (Å²) in [5.74, 6) is 1.16. The third-order valence-electron chi connectivity index (χ3n) is 5.38. The van der Waals surface area contributed by atoms with E-state index in [1.54, 1.807) is 10.7 Å². The lowest BCUT2D eigenvalue weighted by Crippen LogP contribution is -2.37. The predicted octanol–water partition coefficient (Wildman–Crippen LogP) is 3.24. The Morgan fingerprint density at radius 3 is 2.48 bits per heavy atom. The Kier molecular flexibility index (Phi) is 5.00. The van der Waals surface area contributed by atoms with Crippen molar-refractivity contribution in [2.75, 3.05) is 23.3 Å². The Hall–Kier alpha value is -2.93. The first-order chi connectivity index (χ1) is 13.8. The van der Waals surface area contributed by atoms with Gasteiger partial charge in [0.15, 0.2) is 5.65 Å². The minimum Gasteiger partial charge on any atom is -0.393 e. The van der Waals surface area contributed by atoms with Gasteiger partial charge in [-0.1, -0.05) is 32.9 Å². The summed E-state index contributed by atoms with van der Waals surface area (Å²) in [5, 5.41) is 17.1. The summed E-state index contributed by atoms with van der Waals surface area (Å²) < 4.78 is 1.77. The molecule has 1 aliphatic heterocycles. The van der Waals surface area contributed by atoms with Crippen LogP contribution in [-0.4, -0.2) is 44.8 Å². The summed E-state index contributed by atoms with van der Waals surface area (Å²) >= 11 is 0. The molecule has 0 atom stereocenters. The molecule has 1 saturated heterocycles. The summed E-state index contributed by atoms with van der Waals surface area (Å²) in [6.07, 6.45) is 2.87. The predicted molar refractivity (Wildman–Crippen MR) is 114 cm³/mol. The molecule has 29 heavy (non-hydrogen) atoms. The number of nitrogens with one attached hydrogen (secondary N) is 1. The van der Waals surface area contributed by atoms with Crippen molar-refractivity contribution < 1.29 is 9.90 Å². The van der Waals surface area contributed by atoms with Crippen LogP contribution in [-0.2, 0) is 5.41 Å². The molecule has 1 fully saturated rings. The molecule has 1 aliphatic rings. The number of hydrogen-bond acceptors (Lipinski definition) is 5. The minimum atomic E-state index is -0.253. The van der Waals surface area contributed by atoms with Gasteiger partial charge in [0, 0.05) is 30.8 Å². The van der Waals surface area contributed by atoms with Crippen molar-refractivity contribution in [2.24, 2.45) is 0 Å². The van der Waals surface area contributed by atoms with Gasteiger partial charge in [-0.3, -0.25) is 4.79 Å². The lowest BCUT2D eigenvalue weighted by atomic mass is 9.87. The third kappa shape index (κ3) is 4.10. The van der Waals surface area contributed by atoms with E-state index in [4.69, 9.17) is 0 Å². The average Bonchev–Trinajstić information content (AvgIpc) is 3.16. The molecule has 3 heterocycles. The Morgan fingerprint density at radius 1 is 1.14 bits per heavy atom. The van der Waals surface area contributed by atoms with Crippen LogP contribution in [0.2, 0.25) is 0 Å². The van der Waals surface area contributed by atoms with E-state index in [0.717, 1.165) is 18.9 Å². The largest absolute Gasteiger partial charge is 0.393 e. The van der Waals surface area contributed by atoms with Gasteiger partial charge in [-0.15, -0.1) is 0 Å². The first-order valence-corrected chi connectivity index (χ1v) is 10.0. The van der Waals surface area contributed by atoms with Gasteiger partial charge in [-0.05, 0) is 36.0 Å². The molecule has 0 saturated carbocycles. The molecule has 2 aromatic heterocycles. The molecular weight excluding hydrogens is 366 g/mol. The van der Waals surface area contributed by atoms with E-state index < -0.39 is 0 Å². The molecule has 0 spiro atoms. The highest BCUT2D eigenvalue weighted by atomic mass is 16.3. The highest BCUT2D eigenvalue weighted by Crippen LogP contribution is 2.25. The van der Waals surface area contributed by atoms with Gasteiger partial charge >= 0.3 is 0 Å². The normalized spacial score (nSPS) is 15.7. The Labute approximate surface area is 170 Å². The number of amides is 1. The molecule has 0 bridgehead atoms. The SMILES string of the molecule is CC(C)(C)c1ccc(C(=O)Nc2cc(N3CCC(O)CC3)n3nccc3n2)cc1. The second-order valence-corrected chi connectivity index (χ2v) is 8.60. The number of carbonyl (C=O) groups excluding carboxylic acids is 1. The molecule has 0 unspecified atom stereocenters. The van der Waals surface area contributed by atoms with E-state index in [1.165, 1.54) is 5.56 Å². The molecule has 1 amide bonds. The van der Waals surface area contributed by atoms with Gasteiger partial charge in [-0.2, -0.15) is 9.61 Å². The Morgan fingerprint density at radius 2 is 1.83 bits per heavy atom. The number of anilines is 2. The van der Waals surface area contributed by atoms with Crippen molar-refractivity contribution >= 4 is 23.2 Å². The molecule has 2 N–H and O–H groups in total. The molecule has 1 aromatic carbocycles. The van der Waals surface area contributed by atoms with Crippen molar-refractivity contribution in [3.05, 3.63) is 53.7 Å². The minimum absolute atomic E-state index is 0.0422. The van der Waals surface area contributed by atoms with Crippen molar-refractivity contribution in [1.82, 2.24) is 14.6 Å². The van der Waals surface area contributed by atoms with E-state index in [9.17, 15) is 9.90 Å². The Bertz CT molecular complexity index is 1010. The molecular formula is C22H27N5O2. The van der Waals surface area contributed by atoms with Crippen molar-refractivity contribution in [1.29, 1.82) is 0 Å². The standard InChI is InChI=1S/C22H27N5O2/c1-22(2,3)16-6-4-15(5-7-16)21(29)25-18-14-20(26-12-9-17(28)10-13-26)27-19(24-18)8-11-23-27/h4-8,11,14,17,28H,9-10,12-13H2,1-3H3,(H,24,25,29). The molecule has 152 valence electrons. The van der Waals surface area contributed by atoms with Crippen molar-refractivity contribution in [3.63, 3.8) is 0 Å². The van der Waals surface area contributed by atoms with E-state index >= 15 is 0 Å². The van der Waals surface area contributed by atoms with Crippen molar-refractivity contribution in [3.8, 4) is 0 Å². The lowest BCUT2D eigenvalue weighted by molar-refractivity contribution is 0.102. The highest BCUT2D eigenvalue weighted by Gasteiger charge is 2.21. The van der Waals surface area contributed by atoms with Gasteiger partial charge in [0.1, 0.15) is 11.6 Å². The third-order valence-corrected chi connectivity index (χ3v) is 5.38. The topological polar surface area (TPSA) is 82.8 Å². The van der Waals surface area contributed by atoms with Gasteiger partial charge in [-0.25, -0.2) is 4.98 Å². The van der Waals surface area contributed by atoms with E-state index in [0.29, 0.717) is 29.9 Å². The number of nitrogens with zero attached hydrogens (tertiary/aromatic N) is 4. The average molecular weight is 393 g/mol. The van der Waals surface area contributed by atoms with Crippen LogP contribution in [0.3, 0.4) is 0 Å². The number of aliphatic hydroxyl groups is 1. The van der Waals surface area contributed by atoms with Crippen LogP contribution in [0.4, 0.5) is 11.6 Å². The van der Waals surface area contributed by atoms with Crippen LogP contribution in [0, 0.1) is 0 Å². The summed E-state index contributed by atoms with van der Waals surface area (Å²) in [7, 11) is 0. The summed E-state index contributed by atoms with van der Waals surface area (Å²) in [6, 6.07) is 11.3. The molecule has 7 nitrogen and oxygen atoms in total. The number of hydrogen-bond donors (Lipinski definition) is 2. The molecule has 4 rings (SSSR count). The quantitative estimate of drug-likeness (QED) is 0.714. The first-order valence-electron chi connectivity index (χ1n) is 10.0. The molecule has 3 aromatic rings. The number of piperidine rings is 1. The van der Waals surface area contributed by atoms with Crippen LogP contribution >= 0.6 is 0 Å². The summed E-state index contributed by atoms with van der Waals surface area (Å²) in [6.45, 7) is 7.92. The maximum atomic E-state index is 12.8. The van der Waals surface area contributed by atoms with Crippen LogP contribution < -0.4 is 10.2 Å². The maximum Gasteiger partial charge on any atom is 0.256 e. The smallest absolute Gasteiger partial charge is 0.256 e. The van der Waals surface area contributed by atoms with Gasteiger partial charge in [0.2, 0.25) is 0 Å². The number of carbonyl (C=O) groups is 1. The second kappa shape index (κ2) is 7.48.